The molecule has 2 heterocycles. The molecule has 0 spiro atoms. The number of thioether (sulfide) groups is 1. The molecule has 0 aromatic carbocycles. The number of nitrogens with one attached hydrogen (secondary N) is 2. The van der Waals surface area contributed by atoms with Crippen molar-refractivity contribution < 1.29 is 29.1 Å². The van der Waals surface area contributed by atoms with Crippen molar-refractivity contribution >= 4 is 41.7 Å². The van der Waals surface area contributed by atoms with Gasteiger partial charge in [-0.1, -0.05) is 20.3 Å². The van der Waals surface area contributed by atoms with Crippen LogP contribution in [0.5, 0.6) is 0 Å². The first-order valence-corrected chi connectivity index (χ1v) is 14.1. The standard InChI is InChI=1S/C24H41N5O6S/c1-4-15(2)20(27-22(33)18(14-31)26-21(32)17(25)9-12-36-3)24(35)29-11-6-8-19(29)23(34)28-10-5-7-16(28)13-30/h13,15-20,31H,4-12,14,25H2,1-3H3,(H,26,32)(H,27,33)/t15-,16-,17-,18-,19-,20-/m0/s1. The van der Waals surface area contributed by atoms with Crippen molar-refractivity contribution in [2.45, 2.75) is 82.6 Å². The lowest BCUT2D eigenvalue weighted by Crippen LogP contribution is -2.60. The average Bonchev–Trinajstić information content (AvgIpc) is 3.57. The van der Waals surface area contributed by atoms with Gasteiger partial charge < -0.3 is 36.1 Å². The molecule has 0 unspecified atom stereocenters. The Kier molecular flexibility index (Phi) is 12.1. The van der Waals surface area contributed by atoms with Crippen LogP contribution in [0.15, 0.2) is 0 Å². The molecule has 12 heteroatoms. The fourth-order valence-electron chi connectivity index (χ4n) is 4.65. The molecule has 11 nitrogen and oxygen atoms in total. The second-order valence-electron chi connectivity index (χ2n) is 9.57. The molecule has 2 rings (SSSR count). The first kappa shape index (κ1) is 30.0. The third-order valence-electron chi connectivity index (χ3n) is 7.12. The van der Waals surface area contributed by atoms with Crippen molar-refractivity contribution in [3.05, 3.63) is 0 Å². The Morgan fingerprint density at radius 1 is 1.11 bits per heavy atom. The van der Waals surface area contributed by atoms with Gasteiger partial charge in [-0.15, -0.1) is 0 Å². The number of carbonyl (C=O) groups excluding carboxylic acids is 5. The van der Waals surface area contributed by atoms with Gasteiger partial charge in [-0.25, -0.2) is 0 Å². The SMILES string of the molecule is CC[C@H](C)[C@H](NC(=O)[C@H](CO)NC(=O)[C@@H](N)CCSC)C(=O)N1CCC[C@H]1C(=O)N1CCC[C@H]1C=O. The van der Waals surface area contributed by atoms with E-state index in [2.05, 4.69) is 10.6 Å². The fraction of sp³-hybridized carbons (Fsp3) is 0.792. The number of hydrogen-bond donors (Lipinski definition) is 4. The van der Waals surface area contributed by atoms with E-state index in [4.69, 9.17) is 5.73 Å². The Labute approximate surface area is 217 Å². The normalized spacial score (nSPS) is 23.0. The zero-order valence-electron chi connectivity index (χ0n) is 21.5. The Balaban J connectivity index is 2.12. The summed E-state index contributed by atoms with van der Waals surface area (Å²) >= 11 is 1.54. The maximum atomic E-state index is 13.6. The van der Waals surface area contributed by atoms with Gasteiger partial charge in [0, 0.05) is 13.1 Å². The smallest absolute Gasteiger partial charge is 0.246 e. The summed E-state index contributed by atoms with van der Waals surface area (Å²) in [4.78, 5) is 66.6. The van der Waals surface area contributed by atoms with E-state index in [1.54, 1.807) is 16.7 Å². The Bertz CT molecular complexity index is 799. The van der Waals surface area contributed by atoms with E-state index < -0.39 is 48.6 Å². The monoisotopic (exact) mass is 527 g/mol. The van der Waals surface area contributed by atoms with Crippen LogP contribution in [0.2, 0.25) is 0 Å². The average molecular weight is 528 g/mol. The van der Waals surface area contributed by atoms with Gasteiger partial charge in [0.25, 0.3) is 0 Å². The second-order valence-corrected chi connectivity index (χ2v) is 10.6. The molecular weight excluding hydrogens is 486 g/mol. The number of hydrogen-bond acceptors (Lipinski definition) is 8. The van der Waals surface area contributed by atoms with Crippen molar-refractivity contribution in [1.82, 2.24) is 20.4 Å². The van der Waals surface area contributed by atoms with Gasteiger partial charge >= 0.3 is 0 Å². The molecule has 0 saturated carbocycles. The summed E-state index contributed by atoms with van der Waals surface area (Å²) in [5.41, 5.74) is 5.87. The first-order chi connectivity index (χ1) is 17.2. The lowest BCUT2D eigenvalue weighted by atomic mass is 9.96. The number of nitrogens with zero attached hydrogens (tertiary/aromatic N) is 2. The van der Waals surface area contributed by atoms with Crippen LogP contribution in [0.4, 0.5) is 0 Å². The second kappa shape index (κ2) is 14.5. The molecule has 36 heavy (non-hydrogen) atoms. The van der Waals surface area contributed by atoms with Crippen molar-refractivity contribution in [3.63, 3.8) is 0 Å². The Morgan fingerprint density at radius 2 is 1.78 bits per heavy atom. The topological polar surface area (TPSA) is 162 Å². The van der Waals surface area contributed by atoms with Crippen molar-refractivity contribution in [2.75, 3.05) is 31.7 Å². The van der Waals surface area contributed by atoms with Crippen molar-refractivity contribution in [1.29, 1.82) is 0 Å². The highest BCUT2D eigenvalue weighted by Crippen LogP contribution is 2.26. The van der Waals surface area contributed by atoms with E-state index in [0.29, 0.717) is 50.9 Å². The molecule has 0 bridgehead atoms. The maximum Gasteiger partial charge on any atom is 0.246 e. The molecule has 6 atom stereocenters. The third-order valence-corrected chi connectivity index (χ3v) is 7.77. The zero-order chi connectivity index (χ0) is 26.8. The fourth-order valence-corrected chi connectivity index (χ4v) is 5.14. The Hall–Kier alpha value is -2.18. The summed E-state index contributed by atoms with van der Waals surface area (Å²) in [6.45, 7) is 3.93. The van der Waals surface area contributed by atoms with Gasteiger partial charge in [-0.05, 0) is 50.0 Å². The summed E-state index contributed by atoms with van der Waals surface area (Å²) in [5.74, 6) is -1.43. The molecule has 2 aliphatic heterocycles. The number of nitrogens with two attached hydrogens (primary N) is 1. The van der Waals surface area contributed by atoms with Crippen LogP contribution < -0.4 is 16.4 Å². The highest BCUT2D eigenvalue weighted by atomic mass is 32.2. The number of aliphatic hydroxyl groups is 1. The van der Waals surface area contributed by atoms with Crippen molar-refractivity contribution in [3.8, 4) is 0 Å². The van der Waals surface area contributed by atoms with Crippen LogP contribution >= 0.6 is 11.8 Å². The van der Waals surface area contributed by atoms with Gasteiger partial charge in [0.15, 0.2) is 0 Å². The molecule has 2 fully saturated rings. The minimum atomic E-state index is -1.26. The molecular formula is C24H41N5O6S. The molecule has 204 valence electrons. The summed E-state index contributed by atoms with van der Waals surface area (Å²) in [6.07, 6.45) is 6.19. The van der Waals surface area contributed by atoms with Gasteiger partial charge in [-0.2, -0.15) is 11.8 Å². The number of carbonyl (C=O) groups is 5. The van der Waals surface area contributed by atoms with E-state index in [1.165, 1.54) is 4.90 Å². The van der Waals surface area contributed by atoms with Crippen molar-refractivity contribution in [2.24, 2.45) is 11.7 Å². The molecule has 0 radical (unpaired) electrons. The summed E-state index contributed by atoms with van der Waals surface area (Å²) in [6, 6.07) is -4.15. The molecule has 2 saturated heterocycles. The van der Waals surface area contributed by atoms with E-state index in [9.17, 15) is 29.1 Å². The van der Waals surface area contributed by atoms with E-state index >= 15 is 0 Å². The summed E-state index contributed by atoms with van der Waals surface area (Å²) < 4.78 is 0. The molecule has 4 amide bonds. The number of aldehydes is 1. The molecule has 0 aromatic rings. The maximum absolute atomic E-state index is 13.6. The number of rotatable bonds is 13. The van der Waals surface area contributed by atoms with Gasteiger partial charge in [0.05, 0.1) is 18.7 Å². The predicted molar refractivity (Wildman–Crippen MR) is 137 cm³/mol. The molecule has 2 aliphatic rings. The van der Waals surface area contributed by atoms with Crippen LogP contribution in [-0.2, 0) is 24.0 Å². The summed E-state index contributed by atoms with van der Waals surface area (Å²) in [7, 11) is 0. The van der Waals surface area contributed by atoms with Crippen LogP contribution in [0.1, 0.15) is 52.4 Å². The number of aliphatic hydroxyl groups excluding tert-OH is 1. The lowest BCUT2D eigenvalue weighted by Gasteiger charge is -2.34. The van der Waals surface area contributed by atoms with E-state index in [1.807, 2.05) is 20.1 Å². The molecule has 0 aromatic heterocycles. The first-order valence-electron chi connectivity index (χ1n) is 12.7. The van der Waals surface area contributed by atoms with Crippen LogP contribution in [0.3, 0.4) is 0 Å². The predicted octanol–water partition coefficient (Wildman–Crippen LogP) is -0.744. The molecule has 0 aliphatic carbocycles. The van der Waals surface area contributed by atoms with E-state index in [-0.39, 0.29) is 17.7 Å². The highest BCUT2D eigenvalue weighted by molar-refractivity contribution is 7.98. The Morgan fingerprint density at radius 3 is 2.39 bits per heavy atom. The largest absolute Gasteiger partial charge is 0.394 e. The van der Waals surface area contributed by atoms with Crippen LogP contribution in [0, 0.1) is 5.92 Å². The molecule has 5 N–H and O–H groups in total. The zero-order valence-corrected chi connectivity index (χ0v) is 22.3. The van der Waals surface area contributed by atoms with Gasteiger partial charge in [0.2, 0.25) is 23.6 Å². The minimum absolute atomic E-state index is 0.232. The van der Waals surface area contributed by atoms with Gasteiger partial charge in [-0.3, -0.25) is 19.2 Å². The highest BCUT2D eigenvalue weighted by Gasteiger charge is 2.43. The third kappa shape index (κ3) is 7.42. The van der Waals surface area contributed by atoms with E-state index in [0.717, 1.165) is 12.7 Å². The van der Waals surface area contributed by atoms with Crippen LogP contribution in [-0.4, -0.2) is 107 Å². The lowest BCUT2D eigenvalue weighted by molar-refractivity contribution is -0.147. The van der Waals surface area contributed by atoms with Gasteiger partial charge in [0.1, 0.15) is 24.4 Å². The number of likely N-dealkylation sites (tertiary alicyclic amines) is 2. The summed E-state index contributed by atoms with van der Waals surface area (Å²) in [5, 5.41) is 14.9. The van der Waals surface area contributed by atoms with Crippen LogP contribution in [0.25, 0.3) is 0 Å². The minimum Gasteiger partial charge on any atom is -0.394 e. The number of amides is 4. The quantitative estimate of drug-likeness (QED) is 0.228.